The van der Waals surface area contributed by atoms with Crippen LogP contribution < -0.4 is 19.6 Å². The molecule has 82 heavy (non-hydrogen) atoms. The van der Waals surface area contributed by atoms with Gasteiger partial charge in [-0.3, -0.25) is 0 Å². The molecule has 0 amide bonds. The van der Waals surface area contributed by atoms with E-state index in [0.717, 1.165) is 104 Å². The molecule has 394 valence electrons. The highest BCUT2D eigenvalue weighted by Gasteiger charge is 2.40. The lowest BCUT2D eigenvalue weighted by Crippen LogP contribution is -2.29. The second-order valence-corrected chi connectivity index (χ2v) is 23.5. The molecule has 11 aromatic carbocycles. The Morgan fingerprint density at radius 2 is 0.707 bits per heavy atom. The van der Waals surface area contributed by atoms with Gasteiger partial charge in [0, 0.05) is 81.1 Å². The van der Waals surface area contributed by atoms with Crippen LogP contribution in [0.1, 0.15) is 95.2 Å². The third-order valence-electron chi connectivity index (χ3n) is 18.2. The summed E-state index contributed by atoms with van der Waals surface area (Å²) in [6, 6.07) is 81.1. The molecule has 0 N–H and O–H groups in total. The van der Waals surface area contributed by atoms with Crippen molar-refractivity contribution in [1.29, 1.82) is 0 Å². The fourth-order valence-electron chi connectivity index (χ4n) is 14.5. The summed E-state index contributed by atoms with van der Waals surface area (Å²) in [5.41, 5.74) is 30.9. The summed E-state index contributed by atoms with van der Waals surface area (Å²) in [6.07, 6.45) is 3.22. The van der Waals surface area contributed by atoms with E-state index in [1.807, 2.05) is 0 Å². The van der Waals surface area contributed by atoms with E-state index in [9.17, 15) is 0 Å². The Labute approximate surface area is 477 Å². The number of hydrogen-bond acceptors (Lipinski definition) is 6. The van der Waals surface area contributed by atoms with Gasteiger partial charge in [0.15, 0.2) is 11.2 Å². The standard InChI is InChI=1S/C76H58N4O2/c1-45(2)55-25-15-27-57-59-29-17-33-67(75(59)81-73(55)57)77(53-21-7-5-8-22-53)65-37-35-49-39-51-44-70-52(43-69(51)79-63-31-13-11-19-47(63)41-61(65)71(49)79)40-50-36-38-66(62-42-48-20-12-14-32-64(48)80(70)72(50)62)78(54-23-9-6-10-24-54)68-34-18-30-60-58-28-16-26-56(46(3)4)74(58)82-76(60)68/h5-38,43-46H,39-42H2,1-4H3. The van der Waals surface area contributed by atoms with Gasteiger partial charge in [0.1, 0.15) is 11.2 Å². The Balaban J connectivity index is 0.839. The zero-order valence-electron chi connectivity index (χ0n) is 46.4. The Morgan fingerprint density at radius 1 is 0.317 bits per heavy atom. The number of fused-ring (bicyclic) bond motifs is 14. The first-order chi connectivity index (χ1) is 40.3. The summed E-state index contributed by atoms with van der Waals surface area (Å²) in [5.74, 6) is 0.646. The number of furan rings is 2. The molecule has 4 aliphatic heterocycles. The van der Waals surface area contributed by atoms with E-state index in [1.54, 1.807) is 0 Å². The predicted molar refractivity (Wildman–Crippen MR) is 339 cm³/mol. The third kappa shape index (κ3) is 6.81. The fraction of sp³-hybridized carbons (Fsp3) is 0.132. The van der Waals surface area contributed by atoms with E-state index >= 15 is 0 Å². The van der Waals surface area contributed by atoms with Gasteiger partial charge in [-0.15, -0.1) is 0 Å². The van der Waals surface area contributed by atoms with Crippen molar-refractivity contribution in [3.63, 3.8) is 0 Å². The number of anilines is 12. The van der Waals surface area contributed by atoms with Crippen LogP contribution in [-0.2, 0) is 25.7 Å². The Bertz CT molecular complexity index is 4490. The third-order valence-corrected chi connectivity index (χ3v) is 18.2. The Kier molecular flexibility index (Phi) is 10.3. The minimum atomic E-state index is 0.323. The number of para-hydroxylation sites is 8. The van der Waals surface area contributed by atoms with Crippen LogP contribution >= 0.6 is 0 Å². The molecular weight excluding hydrogens is 1000 g/mol. The maximum Gasteiger partial charge on any atom is 0.159 e. The number of hydrogen-bond donors (Lipinski definition) is 0. The van der Waals surface area contributed by atoms with E-state index in [4.69, 9.17) is 8.83 Å². The van der Waals surface area contributed by atoms with Crippen LogP contribution in [-0.4, -0.2) is 0 Å². The smallest absolute Gasteiger partial charge is 0.159 e. The van der Waals surface area contributed by atoms with Crippen LogP contribution in [0.2, 0.25) is 0 Å². The summed E-state index contributed by atoms with van der Waals surface area (Å²) >= 11 is 0. The average Bonchev–Trinajstić information content (AvgIpc) is 3.03. The van der Waals surface area contributed by atoms with Crippen molar-refractivity contribution in [3.05, 3.63) is 274 Å². The summed E-state index contributed by atoms with van der Waals surface area (Å²) in [7, 11) is 0. The molecule has 4 aliphatic rings. The molecule has 0 spiro atoms. The first-order valence-corrected chi connectivity index (χ1v) is 29.1. The van der Waals surface area contributed by atoms with Gasteiger partial charge in [0.05, 0.1) is 45.5 Å². The molecule has 0 saturated heterocycles. The predicted octanol–water partition coefficient (Wildman–Crippen LogP) is 21.2. The van der Waals surface area contributed by atoms with Gasteiger partial charge in [0.25, 0.3) is 0 Å². The van der Waals surface area contributed by atoms with Gasteiger partial charge < -0.3 is 28.4 Å². The van der Waals surface area contributed by atoms with Crippen molar-refractivity contribution in [1.82, 2.24) is 0 Å². The second-order valence-electron chi connectivity index (χ2n) is 23.5. The molecule has 6 heterocycles. The van der Waals surface area contributed by atoms with Gasteiger partial charge in [0.2, 0.25) is 0 Å². The molecule has 13 aromatic rings. The van der Waals surface area contributed by atoms with Gasteiger partial charge in [-0.2, -0.15) is 0 Å². The van der Waals surface area contributed by atoms with Crippen molar-refractivity contribution in [2.45, 2.75) is 65.2 Å². The molecule has 0 radical (unpaired) electrons. The molecule has 0 aliphatic carbocycles. The molecule has 0 saturated carbocycles. The van der Waals surface area contributed by atoms with Crippen LogP contribution in [0.25, 0.3) is 43.9 Å². The van der Waals surface area contributed by atoms with Gasteiger partial charge in [-0.05, 0) is 129 Å². The lowest BCUT2D eigenvalue weighted by Gasteiger charge is -2.44. The topological polar surface area (TPSA) is 39.2 Å². The largest absolute Gasteiger partial charge is 0.454 e. The molecular formula is C76H58N4O2. The Morgan fingerprint density at radius 3 is 1.13 bits per heavy atom. The molecule has 0 fully saturated rings. The maximum absolute atomic E-state index is 7.09. The van der Waals surface area contributed by atoms with Crippen molar-refractivity contribution >= 4 is 112 Å². The van der Waals surface area contributed by atoms with Crippen molar-refractivity contribution in [2.75, 3.05) is 19.6 Å². The molecule has 2 aromatic heterocycles. The van der Waals surface area contributed by atoms with E-state index in [2.05, 4.69) is 266 Å². The normalized spacial score (nSPS) is 13.6. The van der Waals surface area contributed by atoms with Gasteiger partial charge >= 0.3 is 0 Å². The Hall–Kier alpha value is -9.78. The lowest BCUT2D eigenvalue weighted by molar-refractivity contribution is 0.656. The van der Waals surface area contributed by atoms with Gasteiger partial charge in [-0.25, -0.2) is 0 Å². The molecule has 6 nitrogen and oxygen atoms in total. The van der Waals surface area contributed by atoms with E-state index in [0.29, 0.717) is 11.8 Å². The van der Waals surface area contributed by atoms with Crippen LogP contribution in [0.3, 0.4) is 0 Å². The van der Waals surface area contributed by atoms with Crippen molar-refractivity contribution in [2.24, 2.45) is 0 Å². The lowest BCUT2D eigenvalue weighted by atomic mass is 9.81. The first kappa shape index (κ1) is 47.1. The first-order valence-electron chi connectivity index (χ1n) is 29.1. The monoisotopic (exact) mass is 1060 g/mol. The number of nitrogens with zero attached hydrogens (tertiary/aromatic N) is 4. The SMILES string of the molecule is CC(C)c1cccc2c1oc1c(N(c3ccccc3)c3ccc4c5c3Cc3ccccc3N5c3cc5c(cc3C4)N3c4ccccc4Cc4c(N(c6ccccc6)c6cccc7c6oc6c(C(C)C)cccc67)ccc(c43)C5)cccc12. The molecule has 0 atom stereocenters. The van der Waals surface area contributed by atoms with Crippen LogP contribution in [0.5, 0.6) is 0 Å². The minimum absolute atomic E-state index is 0.323. The van der Waals surface area contributed by atoms with Crippen LogP contribution in [0.15, 0.2) is 227 Å². The van der Waals surface area contributed by atoms with Crippen molar-refractivity contribution in [3.8, 4) is 0 Å². The van der Waals surface area contributed by atoms with Crippen LogP contribution in [0.4, 0.5) is 68.2 Å². The van der Waals surface area contributed by atoms with Crippen LogP contribution in [0, 0.1) is 0 Å². The second kappa shape index (κ2) is 17.9. The molecule has 0 bridgehead atoms. The average molecular weight is 1060 g/mol. The number of benzene rings is 11. The molecule has 6 heteroatoms. The van der Waals surface area contributed by atoms with E-state index < -0.39 is 0 Å². The summed E-state index contributed by atoms with van der Waals surface area (Å²) in [4.78, 5) is 10.1. The van der Waals surface area contributed by atoms with Crippen molar-refractivity contribution < 1.29 is 8.83 Å². The number of rotatable bonds is 8. The zero-order chi connectivity index (χ0) is 54.5. The quantitative estimate of drug-likeness (QED) is 0.151. The summed E-state index contributed by atoms with van der Waals surface area (Å²) < 4.78 is 14.2. The van der Waals surface area contributed by atoms with E-state index in [-0.39, 0.29) is 0 Å². The molecule has 17 rings (SSSR count). The molecule has 0 unspecified atom stereocenters. The summed E-state index contributed by atoms with van der Waals surface area (Å²) in [6.45, 7) is 9.00. The van der Waals surface area contributed by atoms with Gasteiger partial charge in [-0.1, -0.05) is 173 Å². The van der Waals surface area contributed by atoms with E-state index in [1.165, 1.54) is 89.8 Å². The highest BCUT2D eigenvalue weighted by molar-refractivity contribution is 6.13. The fourth-order valence-corrected chi connectivity index (χ4v) is 14.5. The summed E-state index contributed by atoms with van der Waals surface area (Å²) in [5, 5.41) is 4.56. The maximum atomic E-state index is 7.09. The zero-order valence-corrected chi connectivity index (χ0v) is 46.4. The highest BCUT2D eigenvalue weighted by atomic mass is 16.3. The highest BCUT2D eigenvalue weighted by Crippen LogP contribution is 2.60. The minimum Gasteiger partial charge on any atom is -0.454 e.